The summed E-state index contributed by atoms with van der Waals surface area (Å²) in [5.41, 5.74) is 6.00. The molecule has 0 aromatic heterocycles. The molecule has 4 aromatic carbocycles. The number of hydrogen-bond donors (Lipinski definition) is 0. The van der Waals surface area contributed by atoms with Gasteiger partial charge in [0.05, 0.1) is 18.0 Å². The molecule has 1 saturated heterocycles. The molecular formula is C34H29ClN2O3S. The second-order valence-electron chi connectivity index (χ2n) is 9.88. The Morgan fingerprint density at radius 1 is 0.805 bits per heavy atom. The molecule has 0 spiro atoms. The third-order valence-electron chi connectivity index (χ3n) is 6.73. The van der Waals surface area contributed by atoms with E-state index in [4.69, 9.17) is 28.6 Å². The molecule has 5 nitrogen and oxygen atoms in total. The minimum Gasteiger partial charge on any atom is -0.494 e. The summed E-state index contributed by atoms with van der Waals surface area (Å²) in [5, 5.41) is 0.583. The van der Waals surface area contributed by atoms with Gasteiger partial charge in [0, 0.05) is 17.0 Å². The highest BCUT2D eigenvalue weighted by molar-refractivity contribution is 7.81. The zero-order chi connectivity index (χ0) is 29.1. The summed E-state index contributed by atoms with van der Waals surface area (Å²) in [6, 6.07) is 28.1. The fraction of sp³-hybridized carbons (Fsp3) is 0.147. The quantitative estimate of drug-likeness (QED) is 0.128. The van der Waals surface area contributed by atoms with E-state index in [2.05, 4.69) is 32.0 Å². The molecule has 2 amide bonds. The normalized spacial score (nSPS) is 13.6. The molecule has 0 bridgehead atoms. The van der Waals surface area contributed by atoms with E-state index in [-0.39, 0.29) is 10.7 Å². The third-order valence-corrected chi connectivity index (χ3v) is 7.43. The molecule has 1 heterocycles. The summed E-state index contributed by atoms with van der Waals surface area (Å²) >= 11 is 12.5. The lowest BCUT2D eigenvalue weighted by Gasteiger charge is -2.36. The lowest BCUT2D eigenvalue weighted by Crippen LogP contribution is -2.56. The summed E-state index contributed by atoms with van der Waals surface area (Å²) in [5.74, 6) is -0.407. The fourth-order valence-electron chi connectivity index (χ4n) is 5.05. The molecule has 1 aliphatic rings. The van der Waals surface area contributed by atoms with Crippen LogP contribution in [0.15, 0.2) is 96.6 Å². The molecule has 206 valence electrons. The summed E-state index contributed by atoms with van der Waals surface area (Å²) in [4.78, 5) is 30.5. The summed E-state index contributed by atoms with van der Waals surface area (Å²) in [6.45, 7) is 6.48. The van der Waals surface area contributed by atoms with E-state index in [0.717, 1.165) is 11.1 Å². The second-order valence-corrected chi connectivity index (χ2v) is 10.7. The molecule has 0 atom stereocenters. The van der Waals surface area contributed by atoms with Gasteiger partial charge in [-0.05, 0) is 86.6 Å². The van der Waals surface area contributed by atoms with Crippen LogP contribution in [-0.2, 0) is 16.0 Å². The molecule has 0 N–H and O–H groups in total. The number of para-hydroxylation sites is 2. The number of anilines is 2. The SMILES string of the molecule is CCOc1cc(C=C2C(=O)N(c3ccccc3)C(=S)N(c3ccccc3)C2=O)cc(Cl)c1Cc1cc(C)cc(C)c1. The molecule has 0 saturated carbocycles. The zero-order valence-corrected chi connectivity index (χ0v) is 24.6. The maximum atomic E-state index is 13.9. The Morgan fingerprint density at radius 3 is 1.85 bits per heavy atom. The van der Waals surface area contributed by atoms with Crippen molar-refractivity contribution < 1.29 is 14.3 Å². The van der Waals surface area contributed by atoms with Crippen LogP contribution in [0.4, 0.5) is 11.4 Å². The minimum atomic E-state index is -0.508. The topological polar surface area (TPSA) is 49.9 Å². The molecule has 0 unspecified atom stereocenters. The van der Waals surface area contributed by atoms with E-state index < -0.39 is 11.8 Å². The first kappa shape index (κ1) is 28.3. The van der Waals surface area contributed by atoms with E-state index in [9.17, 15) is 9.59 Å². The van der Waals surface area contributed by atoms with Gasteiger partial charge in [-0.1, -0.05) is 77.3 Å². The highest BCUT2D eigenvalue weighted by Gasteiger charge is 2.41. The summed E-state index contributed by atoms with van der Waals surface area (Å²) < 4.78 is 6.01. The predicted molar refractivity (Wildman–Crippen MR) is 170 cm³/mol. The average molecular weight is 581 g/mol. The van der Waals surface area contributed by atoms with Crippen molar-refractivity contribution in [1.82, 2.24) is 0 Å². The van der Waals surface area contributed by atoms with Crippen molar-refractivity contribution in [2.45, 2.75) is 27.2 Å². The van der Waals surface area contributed by atoms with Crippen molar-refractivity contribution in [2.24, 2.45) is 0 Å². The van der Waals surface area contributed by atoms with Gasteiger partial charge in [-0.3, -0.25) is 19.4 Å². The molecule has 41 heavy (non-hydrogen) atoms. The van der Waals surface area contributed by atoms with Crippen molar-refractivity contribution in [3.05, 3.63) is 129 Å². The van der Waals surface area contributed by atoms with Crippen molar-refractivity contribution in [3.63, 3.8) is 0 Å². The van der Waals surface area contributed by atoms with Crippen LogP contribution in [0, 0.1) is 13.8 Å². The lowest BCUT2D eigenvalue weighted by atomic mass is 9.98. The van der Waals surface area contributed by atoms with Crippen LogP contribution < -0.4 is 14.5 Å². The van der Waals surface area contributed by atoms with Gasteiger partial charge in [-0.15, -0.1) is 0 Å². The van der Waals surface area contributed by atoms with Crippen LogP contribution in [0.5, 0.6) is 5.75 Å². The molecule has 1 aliphatic heterocycles. The highest BCUT2D eigenvalue weighted by Crippen LogP contribution is 2.34. The molecule has 5 rings (SSSR count). The first-order chi connectivity index (χ1) is 19.8. The van der Waals surface area contributed by atoms with Gasteiger partial charge >= 0.3 is 0 Å². The van der Waals surface area contributed by atoms with Crippen molar-refractivity contribution in [1.29, 1.82) is 0 Å². The zero-order valence-electron chi connectivity index (χ0n) is 23.1. The maximum absolute atomic E-state index is 13.9. The number of benzene rings is 4. The molecule has 7 heteroatoms. The number of carbonyl (C=O) groups excluding carboxylic acids is 2. The van der Waals surface area contributed by atoms with E-state index in [1.807, 2.05) is 49.4 Å². The van der Waals surface area contributed by atoms with Gasteiger partial charge in [0.1, 0.15) is 11.3 Å². The Bertz CT molecular complexity index is 1580. The van der Waals surface area contributed by atoms with E-state index in [1.165, 1.54) is 20.9 Å². The van der Waals surface area contributed by atoms with Gasteiger partial charge in [-0.25, -0.2) is 0 Å². The Hall–Kier alpha value is -4.26. The fourth-order valence-corrected chi connectivity index (χ4v) is 5.71. The predicted octanol–water partition coefficient (Wildman–Crippen LogP) is 7.69. The molecule has 4 aromatic rings. The smallest absolute Gasteiger partial charge is 0.270 e. The summed E-state index contributed by atoms with van der Waals surface area (Å²) in [6.07, 6.45) is 2.15. The number of carbonyl (C=O) groups is 2. The Morgan fingerprint density at radius 2 is 1.34 bits per heavy atom. The van der Waals surface area contributed by atoms with Gasteiger partial charge in [-0.2, -0.15) is 0 Å². The van der Waals surface area contributed by atoms with E-state index in [1.54, 1.807) is 36.4 Å². The van der Waals surface area contributed by atoms with Crippen LogP contribution in [0.3, 0.4) is 0 Å². The number of hydrogen-bond acceptors (Lipinski definition) is 4. The molecule has 0 radical (unpaired) electrons. The number of halogens is 1. The van der Waals surface area contributed by atoms with Gasteiger partial charge in [0.15, 0.2) is 5.11 Å². The van der Waals surface area contributed by atoms with Gasteiger partial charge < -0.3 is 4.74 Å². The molecule has 1 fully saturated rings. The number of rotatable bonds is 7. The second kappa shape index (κ2) is 12.1. The molecular weight excluding hydrogens is 552 g/mol. The standard InChI is InChI=1S/C34H29ClN2O3S/c1-4-40-31-21-25(20-30(35)28(31)18-24-16-22(2)15-23(3)17-24)19-29-32(38)36(26-11-7-5-8-12-26)34(41)37(33(29)39)27-13-9-6-10-14-27/h5-17,19-21H,4,18H2,1-3H3. The number of aryl methyl sites for hydroxylation is 2. The Kier molecular flexibility index (Phi) is 8.34. The van der Waals surface area contributed by atoms with E-state index >= 15 is 0 Å². The van der Waals surface area contributed by atoms with Crippen LogP contribution in [-0.4, -0.2) is 23.5 Å². The molecule has 0 aliphatic carbocycles. The first-order valence-electron chi connectivity index (χ1n) is 13.3. The van der Waals surface area contributed by atoms with Crippen molar-refractivity contribution >= 4 is 58.2 Å². The third kappa shape index (κ3) is 5.94. The monoisotopic (exact) mass is 580 g/mol. The van der Waals surface area contributed by atoms with Crippen LogP contribution >= 0.6 is 23.8 Å². The van der Waals surface area contributed by atoms with Crippen LogP contribution in [0.2, 0.25) is 5.02 Å². The van der Waals surface area contributed by atoms with Gasteiger partial charge in [0.2, 0.25) is 0 Å². The Labute approximate surface area is 250 Å². The first-order valence-corrected chi connectivity index (χ1v) is 14.1. The highest BCUT2D eigenvalue weighted by atomic mass is 35.5. The average Bonchev–Trinajstić information content (AvgIpc) is 2.94. The van der Waals surface area contributed by atoms with Crippen molar-refractivity contribution in [3.8, 4) is 5.75 Å². The minimum absolute atomic E-state index is 0.0353. The largest absolute Gasteiger partial charge is 0.494 e. The summed E-state index contributed by atoms with van der Waals surface area (Å²) in [7, 11) is 0. The van der Waals surface area contributed by atoms with Crippen LogP contribution in [0.1, 0.15) is 34.7 Å². The number of ether oxygens (including phenoxy) is 1. The number of thiocarbonyl (C=S) groups is 1. The lowest BCUT2D eigenvalue weighted by molar-refractivity contribution is -0.120. The Balaban J connectivity index is 1.60. The van der Waals surface area contributed by atoms with Gasteiger partial charge in [0.25, 0.3) is 11.8 Å². The van der Waals surface area contributed by atoms with Crippen molar-refractivity contribution in [2.75, 3.05) is 16.4 Å². The van der Waals surface area contributed by atoms with Crippen LogP contribution in [0.25, 0.3) is 6.08 Å². The number of nitrogens with zero attached hydrogens (tertiary/aromatic N) is 2. The number of amides is 2. The van der Waals surface area contributed by atoms with E-state index in [0.29, 0.717) is 40.7 Å². The maximum Gasteiger partial charge on any atom is 0.270 e.